The average molecular weight is 191 g/mol. The van der Waals surface area contributed by atoms with Crippen LogP contribution in [0.3, 0.4) is 0 Å². The van der Waals surface area contributed by atoms with Crippen LogP contribution in [0.4, 0.5) is 5.69 Å². The van der Waals surface area contributed by atoms with Crippen molar-refractivity contribution in [3.8, 4) is 5.82 Å². The number of hydrogen-bond acceptors (Lipinski definition) is 5. The Hall–Kier alpha value is -2.31. The van der Waals surface area contributed by atoms with Gasteiger partial charge in [-0.15, -0.1) is 0 Å². The molecule has 14 heavy (non-hydrogen) atoms. The molecule has 7 heteroatoms. The summed E-state index contributed by atoms with van der Waals surface area (Å²) in [6, 6.07) is 2.87. The van der Waals surface area contributed by atoms with Gasteiger partial charge in [0.25, 0.3) is 5.69 Å². The number of nitrogens with zero attached hydrogens (tertiary/aromatic N) is 5. The summed E-state index contributed by atoms with van der Waals surface area (Å²) in [4.78, 5) is 17.4. The summed E-state index contributed by atoms with van der Waals surface area (Å²) in [7, 11) is 0. The van der Waals surface area contributed by atoms with E-state index in [9.17, 15) is 10.1 Å². The smallest absolute Gasteiger partial charge is 0.258 e. The van der Waals surface area contributed by atoms with Crippen LogP contribution in [0.5, 0.6) is 0 Å². The van der Waals surface area contributed by atoms with Crippen molar-refractivity contribution in [3.63, 3.8) is 0 Å². The minimum atomic E-state index is -0.502. The molecule has 0 unspecified atom stereocenters. The molecule has 0 spiro atoms. The highest BCUT2D eigenvalue weighted by Crippen LogP contribution is 2.10. The highest BCUT2D eigenvalue weighted by Gasteiger charge is 2.05. The van der Waals surface area contributed by atoms with Crippen LogP contribution < -0.4 is 0 Å². The first-order valence-electron chi connectivity index (χ1n) is 3.73. The molecule has 0 aliphatic rings. The van der Waals surface area contributed by atoms with Crippen LogP contribution >= 0.6 is 0 Å². The Morgan fingerprint density at radius 1 is 1.43 bits per heavy atom. The molecule has 0 aliphatic heterocycles. The fourth-order valence-electron chi connectivity index (χ4n) is 0.948. The Bertz CT molecular complexity index is 436. The van der Waals surface area contributed by atoms with Gasteiger partial charge in [-0.3, -0.25) is 10.1 Å². The molecule has 0 saturated heterocycles. The van der Waals surface area contributed by atoms with Gasteiger partial charge in [-0.2, -0.15) is 5.10 Å². The maximum atomic E-state index is 10.3. The Labute approximate surface area is 78.2 Å². The van der Waals surface area contributed by atoms with E-state index in [0.717, 1.165) is 0 Å². The molecule has 0 atom stereocenters. The minimum Gasteiger partial charge on any atom is -0.258 e. The Morgan fingerprint density at radius 3 is 2.79 bits per heavy atom. The molecular weight excluding hydrogens is 186 g/mol. The van der Waals surface area contributed by atoms with Crippen molar-refractivity contribution in [3.05, 3.63) is 41.1 Å². The van der Waals surface area contributed by atoms with E-state index < -0.39 is 4.92 Å². The summed E-state index contributed by atoms with van der Waals surface area (Å²) in [5, 5.41) is 14.2. The molecule has 0 fully saturated rings. The maximum Gasteiger partial charge on any atom is 0.287 e. The zero-order chi connectivity index (χ0) is 9.97. The average Bonchev–Trinajstić information content (AvgIpc) is 2.71. The van der Waals surface area contributed by atoms with Crippen LogP contribution in [-0.4, -0.2) is 24.7 Å². The molecule has 2 aromatic rings. The first-order valence-corrected chi connectivity index (χ1v) is 3.73. The highest BCUT2D eigenvalue weighted by molar-refractivity contribution is 5.31. The lowest BCUT2D eigenvalue weighted by Gasteiger charge is -1.96. The van der Waals surface area contributed by atoms with E-state index in [1.54, 1.807) is 0 Å². The van der Waals surface area contributed by atoms with Gasteiger partial charge in [0.2, 0.25) is 0 Å². The van der Waals surface area contributed by atoms with E-state index in [-0.39, 0.29) is 5.69 Å². The van der Waals surface area contributed by atoms with Crippen LogP contribution in [0.1, 0.15) is 0 Å². The third kappa shape index (κ3) is 1.42. The molecular formula is C7H5N5O2. The zero-order valence-corrected chi connectivity index (χ0v) is 6.94. The quantitative estimate of drug-likeness (QED) is 0.511. The summed E-state index contributed by atoms with van der Waals surface area (Å²) >= 11 is 0. The van der Waals surface area contributed by atoms with Crippen LogP contribution in [0.15, 0.2) is 31.0 Å². The molecule has 0 aliphatic carbocycles. The van der Waals surface area contributed by atoms with Crippen LogP contribution in [0.2, 0.25) is 0 Å². The molecule has 0 aromatic carbocycles. The summed E-state index contributed by atoms with van der Waals surface area (Å²) in [5.41, 5.74) is -0.0473. The van der Waals surface area contributed by atoms with E-state index in [1.807, 2.05) is 0 Å². The van der Waals surface area contributed by atoms with Gasteiger partial charge >= 0.3 is 0 Å². The summed E-state index contributed by atoms with van der Waals surface area (Å²) < 4.78 is 1.42. The van der Waals surface area contributed by atoms with E-state index in [2.05, 4.69) is 15.1 Å². The lowest BCUT2D eigenvalue weighted by Crippen LogP contribution is -1.98. The zero-order valence-electron chi connectivity index (χ0n) is 6.94. The lowest BCUT2D eigenvalue weighted by atomic mass is 10.4. The molecule has 7 nitrogen and oxygen atoms in total. The van der Waals surface area contributed by atoms with Crippen molar-refractivity contribution in [1.29, 1.82) is 0 Å². The number of pyridine rings is 1. The van der Waals surface area contributed by atoms with Crippen molar-refractivity contribution in [2.45, 2.75) is 0 Å². The second-order valence-corrected chi connectivity index (χ2v) is 2.47. The molecule has 2 heterocycles. The van der Waals surface area contributed by atoms with Crippen LogP contribution in [-0.2, 0) is 0 Å². The van der Waals surface area contributed by atoms with Crippen molar-refractivity contribution in [2.24, 2.45) is 0 Å². The number of nitro groups is 1. The second-order valence-electron chi connectivity index (χ2n) is 2.47. The number of aromatic nitrogens is 4. The van der Waals surface area contributed by atoms with Gasteiger partial charge in [-0.1, -0.05) is 0 Å². The Balaban J connectivity index is 2.36. The maximum absolute atomic E-state index is 10.3. The predicted molar refractivity (Wildman–Crippen MR) is 45.8 cm³/mol. The Morgan fingerprint density at radius 2 is 2.29 bits per heavy atom. The predicted octanol–water partition coefficient (Wildman–Crippen LogP) is 0.570. The van der Waals surface area contributed by atoms with Crippen molar-refractivity contribution < 1.29 is 4.92 Å². The van der Waals surface area contributed by atoms with Crippen molar-refractivity contribution >= 4 is 5.69 Å². The van der Waals surface area contributed by atoms with Crippen LogP contribution in [0.25, 0.3) is 5.82 Å². The van der Waals surface area contributed by atoms with E-state index >= 15 is 0 Å². The first-order chi connectivity index (χ1) is 6.77. The number of rotatable bonds is 2. The molecule has 70 valence electrons. The summed E-state index contributed by atoms with van der Waals surface area (Å²) in [5.74, 6) is 0.494. The van der Waals surface area contributed by atoms with E-state index in [1.165, 1.54) is 35.7 Å². The van der Waals surface area contributed by atoms with Gasteiger partial charge in [0, 0.05) is 6.07 Å². The molecule has 0 saturated carbocycles. The largest absolute Gasteiger partial charge is 0.287 e. The van der Waals surface area contributed by atoms with Gasteiger partial charge < -0.3 is 0 Å². The number of hydrogen-bond donors (Lipinski definition) is 0. The van der Waals surface area contributed by atoms with Gasteiger partial charge in [-0.25, -0.2) is 14.6 Å². The van der Waals surface area contributed by atoms with E-state index in [4.69, 9.17) is 0 Å². The molecule has 2 aromatic heterocycles. The molecule has 0 amide bonds. The SMILES string of the molecule is O=[N+]([O-])c1ccc(-n2cncn2)nc1. The molecule has 0 N–H and O–H groups in total. The van der Waals surface area contributed by atoms with Gasteiger partial charge in [0.15, 0.2) is 5.82 Å². The summed E-state index contributed by atoms with van der Waals surface area (Å²) in [6.07, 6.45) is 4.01. The minimum absolute atomic E-state index is 0.0473. The Kier molecular flexibility index (Phi) is 1.90. The normalized spacial score (nSPS) is 10.0. The lowest BCUT2D eigenvalue weighted by molar-refractivity contribution is -0.385. The second kappa shape index (κ2) is 3.21. The summed E-state index contributed by atoms with van der Waals surface area (Å²) in [6.45, 7) is 0. The monoisotopic (exact) mass is 191 g/mol. The first kappa shape index (κ1) is 8.30. The van der Waals surface area contributed by atoms with Crippen LogP contribution in [0, 0.1) is 10.1 Å². The third-order valence-electron chi connectivity index (χ3n) is 1.60. The molecule has 0 radical (unpaired) electrons. The third-order valence-corrected chi connectivity index (χ3v) is 1.60. The van der Waals surface area contributed by atoms with Gasteiger partial charge in [0.1, 0.15) is 18.9 Å². The van der Waals surface area contributed by atoms with Gasteiger partial charge in [-0.05, 0) is 6.07 Å². The van der Waals surface area contributed by atoms with Gasteiger partial charge in [0.05, 0.1) is 4.92 Å². The fraction of sp³-hybridized carbons (Fsp3) is 0. The standard InChI is InChI=1S/C7H5N5O2/c13-12(14)6-1-2-7(9-3-6)11-5-8-4-10-11/h1-5H. The van der Waals surface area contributed by atoms with E-state index in [0.29, 0.717) is 5.82 Å². The molecule has 2 rings (SSSR count). The topological polar surface area (TPSA) is 86.7 Å². The van der Waals surface area contributed by atoms with Crippen molar-refractivity contribution in [1.82, 2.24) is 19.7 Å². The molecule has 0 bridgehead atoms. The van der Waals surface area contributed by atoms with Crippen molar-refractivity contribution in [2.75, 3.05) is 0 Å². The fourth-order valence-corrected chi connectivity index (χ4v) is 0.948. The highest BCUT2D eigenvalue weighted by atomic mass is 16.6.